The molecule has 27 heavy (non-hydrogen) atoms. The maximum absolute atomic E-state index is 12.8. The molecule has 0 fully saturated rings. The molecular formula is C18H16N4O2S3. The molecule has 3 heterocycles. The highest BCUT2D eigenvalue weighted by atomic mass is 32.2. The molecule has 138 valence electrons. The Balaban J connectivity index is 1.69. The van der Waals surface area contributed by atoms with Crippen molar-refractivity contribution in [3.05, 3.63) is 49.8 Å². The Hall–Kier alpha value is -2.23. The van der Waals surface area contributed by atoms with Gasteiger partial charge in [0.15, 0.2) is 0 Å². The summed E-state index contributed by atoms with van der Waals surface area (Å²) in [4.78, 5) is 38.0. The van der Waals surface area contributed by atoms with Crippen LogP contribution in [0, 0.1) is 13.8 Å². The van der Waals surface area contributed by atoms with E-state index in [1.807, 2.05) is 31.4 Å². The van der Waals surface area contributed by atoms with Crippen LogP contribution in [0.1, 0.15) is 26.1 Å². The molecule has 9 heteroatoms. The number of aryl methyl sites for hydroxylation is 2. The van der Waals surface area contributed by atoms with E-state index in [9.17, 15) is 9.59 Å². The van der Waals surface area contributed by atoms with E-state index in [2.05, 4.69) is 20.3 Å². The summed E-state index contributed by atoms with van der Waals surface area (Å²) in [7, 11) is 0. The van der Waals surface area contributed by atoms with Crippen molar-refractivity contribution in [3.8, 4) is 0 Å². The number of amides is 1. The number of nitrogens with one attached hydrogen (secondary N) is 2. The van der Waals surface area contributed by atoms with Crippen LogP contribution in [0.15, 0.2) is 23.0 Å². The van der Waals surface area contributed by atoms with Gasteiger partial charge in [0, 0.05) is 5.69 Å². The number of hydrogen-bond donors (Lipinski definition) is 2. The molecule has 0 saturated heterocycles. The lowest BCUT2D eigenvalue weighted by Crippen LogP contribution is -2.13. The second kappa shape index (κ2) is 7.06. The summed E-state index contributed by atoms with van der Waals surface area (Å²) in [6, 6.07) is 5.65. The van der Waals surface area contributed by atoms with Crippen molar-refractivity contribution in [2.45, 2.75) is 19.6 Å². The summed E-state index contributed by atoms with van der Waals surface area (Å²) in [5.74, 6) is 1.01. The Kier molecular flexibility index (Phi) is 4.75. The summed E-state index contributed by atoms with van der Waals surface area (Å²) < 4.78 is 1.03. The Morgan fingerprint density at radius 1 is 1.26 bits per heavy atom. The molecular weight excluding hydrogens is 400 g/mol. The fourth-order valence-electron chi connectivity index (χ4n) is 2.92. The third-order valence-corrected chi connectivity index (χ3v) is 6.77. The molecule has 0 saturated carbocycles. The fraction of sp³-hybridized carbons (Fsp3) is 0.222. The van der Waals surface area contributed by atoms with Gasteiger partial charge in [-0.2, -0.15) is 11.8 Å². The summed E-state index contributed by atoms with van der Waals surface area (Å²) in [6.45, 7) is 3.74. The van der Waals surface area contributed by atoms with E-state index in [0.717, 1.165) is 15.2 Å². The fourth-order valence-corrected chi connectivity index (χ4v) is 5.29. The van der Waals surface area contributed by atoms with Crippen LogP contribution in [0.3, 0.4) is 0 Å². The van der Waals surface area contributed by atoms with Crippen LogP contribution in [0.25, 0.3) is 20.4 Å². The minimum atomic E-state index is -0.234. The molecule has 0 aliphatic carbocycles. The van der Waals surface area contributed by atoms with Gasteiger partial charge in [-0.15, -0.1) is 22.7 Å². The van der Waals surface area contributed by atoms with Gasteiger partial charge in [0.1, 0.15) is 10.7 Å². The Labute approximate surface area is 167 Å². The van der Waals surface area contributed by atoms with Gasteiger partial charge in [-0.3, -0.25) is 9.59 Å². The molecule has 2 N–H and O–H groups in total. The number of fused-ring (bicyclic) bond motifs is 2. The van der Waals surface area contributed by atoms with Gasteiger partial charge >= 0.3 is 0 Å². The van der Waals surface area contributed by atoms with E-state index in [1.165, 1.54) is 11.3 Å². The number of carbonyl (C=O) groups is 1. The van der Waals surface area contributed by atoms with E-state index in [4.69, 9.17) is 0 Å². The third-order valence-electron chi connectivity index (χ3n) is 4.09. The SMILES string of the molecule is CSCc1nc2sc(C(=O)Nc3ccc4nc(C)sc4c3)c(C)c2c(=O)[nH]1. The predicted octanol–water partition coefficient (Wildman–Crippen LogP) is 4.33. The first-order valence-electron chi connectivity index (χ1n) is 8.16. The van der Waals surface area contributed by atoms with E-state index in [-0.39, 0.29) is 11.5 Å². The summed E-state index contributed by atoms with van der Waals surface area (Å²) in [5, 5.41) is 4.40. The Morgan fingerprint density at radius 3 is 2.85 bits per heavy atom. The van der Waals surface area contributed by atoms with Crippen LogP contribution in [0.2, 0.25) is 0 Å². The number of aromatic nitrogens is 3. The molecule has 0 radical (unpaired) electrons. The number of thiazole rings is 1. The highest BCUT2D eigenvalue weighted by Crippen LogP contribution is 2.29. The van der Waals surface area contributed by atoms with E-state index < -0.39 is 0 Å². The van der Waals surface area contributed by atoms with Crippen molar-refractivity contribution in [3.63, 3.8) is 0 Å². The van der Waals surface area contributed by atoms with E-state index in [1.54, 1.807) is 30.0 Å². The molecule has 0 bridgehead atoms. The topological polar surface area (TPSA) is 87.7 Å². The van der Waals surface area contributed by atoms with Crippen molar-refractivity contribution in [1.29, 1.82) is 0 Å². The minimum absolute atomic E-state index is 0.196. The van der Waals surface area contributed by atoms with Gasteiger partial charge in [0.05, 0.1) is 31.2 Å². The number of hydrogen-bond acceptors (Lipinski definition) is 7. The van der Waals surface area contributed by atoms with Crippen LogP contribution in [-0.4, -0.2) is 27.1 Å². The molecule has 0 aliphatic heterocycles. The van der Waals surface area contributed by atoms with Crippen molar-refractivity contribution >= 4 is 66.5 Å². The zero-order valence-electron chi connectivity index (χ0n) is 14.9. The monoisotopic (exact) mass is 416 g/mol. The zero-order chi connectivity index (χ0) is 19.1. The molecule has 0 aliphatic rings. The van der Waals surface area contributed by atoms with E-state index >= 15 is 0 Å². The highest BCUT2D eigenvalue weighted by Gasteiger charge is 2.19. The van der Waals surface area contributed by atoms with Gasteiger partial charge in [-0.05, 0) is 43.9 Å². The quantitative estimate of drug-likeness (QED) is 0.517. The predicted molar refractivity (Wildman–Crippen MR) is 115 cm³/mol. The maximum Gasteiger partial charge on any atom is 0.266 e. The molecule has 3 aromatic heterocycles. The van der Waals surface area contributed by atoms with Gasteiger partial charge in [0.25, 0.3) is 11.5 Å². The van der Waals surface area contributed by atoms with Crippen molar-refractivity contribution < 1.29 is 4.79 Å². The first-order chi connectivity index (χ1) is 13.0. The van der Waals surface area contributed by atoms with Crippen molar-refractivity contribution in [1.82, 2.24) is 15.0 Å². The number of benzene rings is 1. The molecule has 4 aromatic rings. The number of rotatable bonds is 4. The molecule has 1 aromatic carbocycles. The van der Waals surface area contributed by atoms with Gasteiger partial charge in [-0.25, -0.2) is 9.97 Å². The van der Waals surface area contributed by atoms with Crippen molar-refractivity contribution in [2.24, 2.45) is 0 Å². The summed E-state index contributed by atoms with van der Waals surface area (Å²) in [5.41, 5.74) is 2.09. The van der Waals surface area contributed by atoms with Gasteiger partial charge in [-0.1, -0.05) is 0 Å². The number of nitrogens with zero attached hydrogens (tertiary/aromatic N) is 2. The second-order valence-corrected chi connectivity index (χ2v) is 9.15. The number of thioether (sulfide) groups is 1. The van der Waals surface area contributed by atoms with Crippen LogP contribution in [0.4, 0.5) is 5.69 Å². The Morgan fingerprint density at radius 2 is 2.07 bits per heavy atom. The molecule has 0 atom stereocenters. The number of H-pyrrole nitrogens is 1. The number of carbonyl (C=O) groups excluding carboxylic acids is 1. The molecule has 1 amide bonds. The first-order valence-corrected chi connectivity index (χ1v) is 11.2. The molecule has 0 spiro atoms. The van der Waals surface area contributed by atoms with Gasteiger partial charge < -0.3 is 10.3 Å². The van der Waals surface area contributed by atoms with Gasteiger partial charge in [0.2, 0.25) is 0 Å². The normalized spacial score (nSPS) is 11.4. The lowest BCUT2D eigenvalue weighted by molar-refractivity contribution is 0.103. The number of thiophene rings is 1. The van der Waals surface area contributed by atoms with Crippen LogP contribution in [-0.2, 0) is 5.75 Å². The third kappa shape index (κ3) is 3.38. The average molecular weight is 417 g/mol. The maximum atomic E-state index is 12.8. The second-order valence-electron chi connectivity index (χ2n) is 6.05. The highest BCUT2D eigenvalue weighted by molar-refractivity contribution is 7.97. The minimum Gasteiger partial charge on any atom is -0.321 e. The average Bonchev–Trinajstić information content (AvgIpc) is 3.14. The molecule has 0 unspecified atom stereocenters. The molecule has 6 nitrogen and oxygen atoms in total. The Bertz CT molecular complexity index is 1240. The lowest BCUT2D eigenvalue weighted by Gasteiger charge is -2.04. The standard InChI is InChI=1S/C18H16N4O2S3/c1-8-14-16(23)21-13(7-25-3)22-18(14)27-15(8)17(24)20-10-4-5-11-12(6-10)26-9(2)19-11/h4-6H,7H2,1-3H3,(H,20,24)(H,21,22,23). The van der Waals surface area contributed by atoms with Crippen LogP contribution >= 0.6 is 34.4 Å². The number of aromatic amines is 1. The summed E-state index contributed by atoms with van der Waals surface area (Å²) >= 11 is 4.42. The van der Waals surface area contributed by atoms with Crippen LogP contribution < -0.4 is 10.9 Å². The summed E-state index contributed by atoms with van der Waals surface area (Å²) in [6.07, 6.45) is 1.95. The smallest absolute Gasteiger partial charge is 0.266 e. The zero-order valence-corrected chi connectivity index (χ0v) is 17.3. The number of anilines is 1. The van der Waals surface area contributed by atoms with E-state index in [0.29, 0.717) is 37.9 Å². The first kappa shape index (κ1) is 18.1. The lowest BCUT2D eigenvalue weighted by atomic mass is 10.2. The van der Waals surface area contributed by atoms with Crippen LogP contribution in [0.5, 0.6) is 0 Å². The molecule has 4 rings (SSSR count). The largest absolute Gasteiger partial charge is 0.321 e. The van der Waals surface area contributed by atoms with Crippen molar-refractivity contribution in [2.75, 3.05) is 11.6 Å².